The zero-order valence-electron chi connectivity index (χ0n) is 25.4. The molecule has 4 nitrogen and oxygen atoms in total. The molecule has 37 heavy (non-hydrogen) atoms. The quantitative estimate of drug-likeness (QED) is 0.159. The number of nitrogens with zero attached hydrogens (tertiary/aromatic N) is 1. The second-order valence-electron chi connectivity index (χ2n) is 14.2. The van der Waals surface area contributed by atoms with Crippen LogP contribution in [0.15, 0.2) is 11.6 Å². The van der Waals surface area contributed by atoms with E-state index >= 15 is 0 Å². The maximum Gasteiger partial charge on any atom is 0.147 e. The molecule has 4 heteroatoms. The lowest BCUT2D eigenvalue weighted by atomic mass is 9.47. The van der Waals surface area contributed by atoms with Crippen LogP contribution < -0.4 is 0 Å². The highest BCUT2D eigenvalue weighted by atomic mass is 16.7. The molecule has 0 spiro atoms. The van der Waals surface area contributed by atoms with Crippen molar-refractivity contribution in [2.75, 3.05) is 34.0 Å². The first-order valence-corrected chi connectivity index (χ1v) is 15.5. The molecule has 3 fully saturated rings. The molecule has 0 N–H and O–H groups in total. The second kappa shape index (κ2) is 13.6. The van der Waals surface area contributed by atoms with Gasteiger partial charge >= 0.3 is 0 Å². The van der Waals surface area contributed by atoms with E-state index in [-0.39, 0.29) is 0 Å². The molecule has 0 aromatic heterocycles. The molecule has 8 unspecified atom stereocenters. The maximum atomic E-state index is 8.00. The Labute approximate surface area is 229 Å². The summed E-state index contributed by atoms with van der Waals surface area (Å²) in [5.41, 5.74) is 2.73. The minimum atomic E-state index is 0.349. The third kappa shape index (κ3) is 6.90. The maximum absolute atomic E-state index is 8.00. The average Bonchev–Trinajstić information content (AvgIpc) is 3.22. The fraction of sp³-hybridized carbons (Fsp3) is 0.909. The van der Waals surface area contributed by atoms with Crippen molar-refractivity contribution in [3.05, 3.63) is 11.6 Å². The van der Waals surface area contributed by atoms with Crippen molar-refractivity contribution in [3.8, 4) is 0 Å². The molecular weight excluding hydrogens is 458 g/mol. The normalized spacial score (nSPS) is 37.8. The number of likely N-dealkylation sites (N-methyl/N-ethyl adjacent to an activating group) is 1. The van der Waals surface area contributed by atoms with Crippen molar-refractivity contribution in [3.63, 3.8) is 0 Å². The molecular formula is C33H59NO3. The molecule has 0 bridgehead atoms. The zero-order valence-corrected chi connectivity index (χ0v) is 25.4. The van der Waals surface area contributed by atoms with E-state index in [9.17, 15) is 0 Å². The SMILES string of the molecule is C=O.CC(C)CCCC(C)C1CCC2C3CC=C4CC(OCOCCN(C)C)CCC4(C)C3CCC12C. The Morgan fingerprint density at radius 1 is 1.03 bits per heavy atom. The fourth-order valence-corrected chi connectivity index (χ4v) is 9.24. The molecule has 4 rings (SSSR count). The summed E-state index contributed by atoms with van der Waals surface area (Å²) in [5.74, 6) is 5.47. The summed E-state index contributed by atoms with van der Waals surface area (Å²) >= 11 is 0. The topological polar surface area (TPSA) is 38.8 Å². The Balaban J connectivity index is 0.00000186. The number of hydrogen-bond acceptors (Lipinski definition) is 4. The fourth-order valence-electron chi connectivity index (χ4n) is 9.24. The van der Waals surface area contributed by atoms with Crippen LogP contribution in [-0.2, 0) is 14.3 Å². The predicted molar refractivity (Wildman–Crippen MR) is 154 cm³/mol. The molecule has 0 saturated heterocycles. The summed E-state index contributed by atoms with van der Waals surface area (Å²) in [4.78, 5) is 10.2. The van der Waals surface area contributed by atoms with Crippen LogP contribution in [-0.4, -0.2) is 51.8 Å². The highest BCUT2D eigenvalue weighted by molar-refractivity contribution is 5.25. The van der Waals surface area contributed by atoms with Crippen molar-refractivity contribution in [2.45, 2.75) is 111 Å². The van der Waals surface area contributed by atoms with E-state index in [4.69, 9.17) is 14.3 Å². The second-order valence-corrected chi connectivity index (χ2v) is 14.2. The smallest absolute Gasteiger partial charge is 0.147 e. The summed E-state index contributed by atoms with van der Waals surface area (Å²) in [6.07, 6.45) is 18.2. The molecule has 0 amide bonds. The van der Waals surface area contributed by atoms with Crippen LogP contribution in [0, 0.1) is 46.3 Å². The molecule has 4 aliphatic rings. The molecule has 0 heterocycles. The summed E-state index contributed by atoms with van der Waals surface area (Å²) in [7, 11) is 4.17. The first-order chi connectivity index (χ1) is 17.6. The van der Waals surface area contributed by atoms with Crippen molar-refractivity contribution < 1.29 is 14.3 Å². The van der Waals surface area contributed by atoms with Crippen LogP contribution in [0.5, 0.6) is 0 Å². The number of ether oxygens (including phenoxy) is 2. The predicted octanol–water partition coefficient (Wildman–Crippen LogP) is 7.76. The molecule has 3 saturated carbocycles. The molecule has 8 atom stereocenters. The van der Waals surface area contributed by atoms with Crippen molar-refractivity contribution in [1.29, 1.82) is 0 Å². The van der Waals surface area contributed by atoms with Gasteiger partial charge < -0.3 is 19.2 Å². The van der Waals surface area contributed by atoms with E-state index in [1.54, 1.807) is 5.57 Å². The summed E-state index contributed by atoms with van der Waals surface area (Å²) in [6, 6.07) is 0. The number of carbonyl (C=O) groups is 1. The van der Waals surface area contributed by atoms with Crippen molar-refractivity contribution >= 4 is 6.79 Å². The van der Waals surface area contributed by atoms with Crippen molar-refractivity contribution in [1.82, 2.24) is 4.90 Å². The molecule has 4 aliphatic carbocycles. The van der Waals surface area contributed by atoms with Gasteiger partial charge in [0, 0.05) is 6.54 Å². The Hall–Kier alpha value is -0.710. The van der Waals surface area contributed by atoms with Gasteiger partial charge in [0.25, 0.3) is 0 Å². The molecule has 0 radical (unpaired) electrons. The number of allylic oxidation sites excluding steroid dienone is 1. The lowest BCUT2D eigenvalue weighted by molar-refractivity contribution is -0.111. The highest BCUT2D eigenvalue weighted by Gasteiger charge is 2.59. The van der Waals surface area contributed by atoms with E-state index in [1.807, 2.05) is 6.79 Å². The Morgan fingerprint density at radius 2 is 1.78 bits per heavy atom. The van der Waals surface area contributed by atoms with Gasteiger partial charge in [0.2, 0.25) is 0 Å². The summed E-state index contributed by atoms with van der Waals surface area (Å²) < 4.78 is 11.9. The van der Waals surface area contributed by atoms with E-state index in [1.165, 1.54) is 64.2 Å². The minimum Gasteiger partial charge on any atom is -0.354 e. The molecule has 0 aliphatic heterocycles. The minimum absolute atomic E-state index is 0.349. The number of rotatable bonds is 11. The van der Waals surface area contributed by atoms with Gasteiger partial charge in [0.05, 0.1) is 12.7 Å². The van der Waals surface area contributed by atoms with Crippen LogP contribution in [0.4, 0.5) is 0 Å². The van der Waals surface area contributed by atoms with Gasteiger partial charge in [0.15, 0.2) is 0 Å². The standard InChI is InChI=1S/C32H57NO2.CH2O/c1-23(2)9-8-10-24(3)28-13-14-29-27-12-11-25-21-26(35-22-34-20-19-33(6)7)15-17-31(25,4)30(27)16-18-32(28,29)5;1-2/h11,23-24,26-30H,8-10,12-22H2,1-7H3;1H2. The lowest BCUT2D eigenvalue weighted by Crippen LogP contribution is -2.51. The van der Waals surface area contributed by atoms with Crippen LogP contribution >= 0.6 is 0 Å². The largest absolute Gasteiger partial charge is 0.354 e. The zero-order chi connectivity index (χ0) is 27.2. The highest BCUT2D eigenvalue weighted by Crippen LogP contribution is 2.67. The third-order valence-electron chi connectivity index (χ3n) is 11.3. The molecule has 0 aromatic rings. The third-order valence-corrected chi connectivity index (χ3v) is 11.3. The van der Waals surface area contributed by atoms with E-state index in [0.29, 0.717) is 23.7 Å². The van der Waals surface area contributed by atoms with Gasteiger partial charge in [-0.2, -0.15) is 0 Å². The molecule has 0 aromatic carbocycles. The number of hydrogen-bond donors (Lipinski definition) is 0. The summed E-state index contributed by atoms with van der Waals surface area (Å²) in [5, 5.41) is 0. The Bertz CT molecular complexity index is 735. The van der Waals surface area contributed by atoms with Gasteiger partial charge in [-0.1, -0.05) is 65.5 Å². The van der Waals surface area contributed by atoms with Crippen LogP contribution in [0.2, 0.25) is 0 Å². The van der Waals surface area contributed by atoms with E-state index in [0.717, 1.165) is 55.1 Å². The van der Waals surface area contributed by atoms with Crippen LogP contribution in [0.1, 0.15) is 105 Å². The van der Waals surface area contributed by atoms with E-state index in [2.05, 4.69) is 59.7 Å². The van der Waals surface area contributed by atoms with Gasteiger partial charge in [-0.05, 0) is 112 Å². The molecule has 214 valence electrons. The Morgan fingerprint density at radius 3 is 2.49 bits per heavy atom. The first-order valence-electron chi connectivity index (χ1n) is 15.5. The van der Waals surface area contributed by atoms with Gasteiger partial charge in [-0.25, -0.2) is 0 Å². The first kappa shape index (κ1) is 30.8. The van der Waals surface area contributed by atoms with Crippen LogP contribution in [0.25, 0.3) is 0 Å². The van der Waals surface area contributed by atoms with Gasteiger partial charge in [-0.3, -0.25) is 0 Å². The average molecular weight is 518 g/mol. The van der Waals surface area contributed by atoms with E-state index < -0.39 is 0 Å². The van der Waals surface area contributed by atoms with Crippen molar-refractivity contribution in [2.24, 2.45) is 46.3 Å². The monoisotopic (exact) mass is 517 g/mol. The number of carbonyl (C=O) groups excluding carboxylic acids is 1. The Kier molecular flexibility index (Phi) is 11.3. The van der Waals surface area contributed by atoms with Gasteiger partial charge in [0.1, 0.15) is 13.6 Å². The lowest BCUT2D eigenvalue weighted by Gasteiger charge is -2.58. The van der Waals surface area contributed by atoms with Gasteiger partial charge in [-0.15, -0.1) is 0 Å². The number of fused-ring (bicyclic) bond motifs is 5. The summed E-state index contributed by atoms with van der Waals surface area (Å²) in [6.45, 7) is 16.9. The van der Waals surface area contributed by atoms with Crippen LogP contribution in [0.3, 0.4) is 0 Å².